The predicted molar refractivity (Wildman–Crippen MR) is 84.6 cm³/mol. The first-order valence-electron chi connectivity index (χ1n) is 7.69. The quantitative estimate of drug-likeness (QED) is 0.783. The van der Waals surface area contributed by atoms with Crippen molar-refractivity contribution in [1.82, 2.24) is 19.7 Å². The van der Waals surface area contributed by atoms with Crippen LogP contribution in [0.4, 0.5) is 0 Å². The van der Waals surface area contributed by atoms with E-state index in [1.165, 1.54) is 18.4 Å². The van der Waals surface area contributed by atoms with Crippen LogP contribution in [0.25, 0.3) is 6.08 Å². The lowest BCUT2D eigenvalue weighted by molar-refractivity contribution is 0.271. The molecule has 1 aliphatic rings. The van der Waals surface area contributed by atoms with Gasteiger partial charge < -0.3 is 0 Å². The van der Waals surface area contributed by atoms with Crippen molar-refractivity contribution in [3.8, 4) is 0 Å². The lowest BCUT2D eigenvalue weighted by Gasteiger charge is -2.19. The molecular formula is C17H22N4. The first-order chi connectivity index (χ1) is 10.4. The summed E-state index contributed by atoms with van der Waals surface area (Å²) < 4.78 is 1.98. The van der Waals surface area contributed by atoms with Crippen LogP contribution in [0.2, 0.25) is 0 Å². The van der Waals surface area contributed by atoms with E-state index in [0.29, 0.717) is 6.04 Å². The predicted octanol–water partition coefficient (Wildman–Crippen LogP) is 2.98. The molecule has 0 aliphatic heterocycles. The van der Waals surface area contributed by atoms with Crippen molar-refractivity contribution in [1.29, 1.82) is 0 Å². The molecule has 1 fully saturated rings. The van der Waals surface area contributed by atoms with E-state index >= 15 is 0 Å². The highest BCUT2D eigenvalue weighted by molar-refractivity contribution is 5.48. The van der Waals surface area contributed by atoms with Crippen molar-refractivity contribution in [2.45, 2.75) is 38.9 Å². The zero-order valence-electron chi connectivity index (χ0n) is 12.5. The maximum atomic E-state index is 4.39. The van der Waals surface area contributed by atoms with E-state index in [1.807, 2.05) is 10.7 Å². The molecule has 0 radical (unpaired) electrons. The fourth-order valence-corrected chi connectivity index (χ4v) is 2.53. The van der Waals surface area contributed by atoms with Crippen LogP contribution >= 0.6 is 0 Å². The summed E-state index contributed by atoms with van der Waals surface area (Å²) in [5.41, 5.74) is 1.25. The first kappa shape index (κ1) is 14.0. The molecule has 0 unspecified atom stereocenters. The number of hydrogen-bond acceptors (Lipinski definition) is 3. The van der Waals surface area contributed by atoms with E-state index in [-0.39, 0.29) is 0 Å². The van der Waals surface area contributed by atoms with E-state index < -0.39 is 0 Å². The maximum absolute atomic E-state index is 4.39. The summed E-state index contributed by atoms with van der Waals surface area (Å²) in [6, 6.07) is 11.2. The third-order valence-electron chi connectivity index (χ3n) is 3.85. The van der Waals surface area contributed by atoms with Crippen LogP contribution in [0.5, 0.6) is 0 Å². The van der Waals surface area contributed by atoms with E-state index in [4.69, 9.17) is 0 Å². The van der Waals surface area contributed by atoms with E-state index in [2.05, 4.69) is 58.3 Å². The normalized spacial score (nSPS) is 15.1. The van der Waals surface area contributed by atoms with E-state index in [0.717, 1.165) is 25.5 Å². The number of benzene rings is 1. The van der Waals surface area contributed by atoms with Gasteiger partial charge in [-0.15, -0.1) is 0 Å². The summed E-state index contributed by atoms with van der Waals surface area (Å²) in [7, 11) is 0. The summed E-state index contributed by atoms with van der Waals surface area (Å²) >= 11 is 0. The third kappa shape index (κ3) is 3.79. The topological polar surface area (TPSA) is 34.0 Å². The molecular weight excluding hydrogens is 260 g/mol. The molecule has 0 saturated heterocycles. The van der Waals surface area contributed by atoms with Crippen molar-refractivity contribution in [3.05, 3.63) is 54.1 Å². The van der Waals surface area contributed by atoms with Gasteiger partial charge in [0.1, 0.15) is 12.2 Å². The average Bonchev–Trinajstić information content (AvgIpc) is 3.27. The lowest BCUT2D eigenvalue weighted by atomic mass is 10.2. The van der Waals surface area contributed by atoms with Crippen molar-refractivity contribution >= 4 is 6.08 Å². The Hall–Kier alpha value is -1.94. The molecule has 4 nitrogen and oxygen atoms in total. The van der Waals surface area contributed by atoms with Crippen molar-refractivity contribution in [2.75, 3.05) is 6.54 Å². The Morgan fingerprint density at radius 2 is 2.10 bits per heavy atom. The molecule has 0 N–H and O–H groups in total. The Morgan fingerprint density at radius 3 is 2.81 bits per heavy atom. The Bertz CT molecular complexity index is 584. The lowest BCUT2D eigenvalue weighted by Crippen LogP contribution is -2.27. The summed E-state index contributed by atoms with van der Waals surface area (Å²) in [4.78, 5) is 6.88. The second kappa shape index (κ2) is 6.68. The molecule has 0 spiro atoms. The van der Waals surface area contributed by atoms with Crippen LogP contribution in [-0.2, 0) is 13.1 Å². The summed E-state index contributed by atoms with van der Waals surface area (Å²) in [6.07, 6.45) is 8.71. The van der Waals surface area contributed by atoms with Crippen LogP contribution in [-0.4, -0.2) is 32.3 Å². The Balaban J connectivity index is 1.61. The van der Waals surface area contributed by atoms with Gasteiger partial charge in [0, 0.05) is 19.1 Å². The van der Waals surface area contributed by atoms with Gasteiger partial charge in [0.2, 0.25) is 0 Å². The number of aryl methyl sites for hydroxylation is 1. The Morgan fingerprint density at radius 1 is 1.29 bits per heavy atom. The van der Waals surface area contributed by atoms with E-state index in [1.54, 1.807) is 6.33 Å². The van der Waals surface area contributed by atoms with Crippen molar-refractivity contribution in [3.63, 3.8) is 0 Å². The smallest absolute Gasteiger partial charge is 0.141 e. The molecule has 1 aromatic carbocycles. The number of aromatic nitrogens is 3. The highest BCUT2D eigenvalue weighted by atomic mass is 15.3. The fourth-order valence-electron chi connectivity index (χ4n) is 2.53. The van der Waals surface area contributed by atoms with Gasteiger partial charge in [0.15, 0.2) is 0 Å². The number of nitrogens with zero attached hydrogens (tertiary/aromatic N) is 4. The molecule has 0 atom stereocenters. The van der Waals surface area contributed by atoms with Crippen LogP contribution in [0, 0.1) is 0 Å². The van der Waals surface area contributed by atoms with Crippen molar-refractivity contribution < 1.29 is 0 Å². The van der Waals surface area contributed by atoms with Crippen LogP contribution in [0.1, 0.15) is 31.2 Å². The van der Waals surface area contributed by atoms with E-state index in [9.17, 15) is 0 Å². The second-order valence-electron chi connectivity index (χ2n) is 5.47. The minimum absolute atomic E-state index is 0.715. The monoisotopic (exact) mass is 282 g/mol. The standard InChI is InChI=1S/C17H22N4/c1-2-21-17(18-14-19-21)13-20(16-10-11-16)12-6-9-15-7-4-3-5-8-15/h3-9,14,16H,2,10-13H2,1H3/b9-6+. The molecule has 4 heteroatoms. The Labute approximate surface area is 126 Å². The molecule has 3 rings (SSSR count). The van der Waals surface area contributed by atoms with Gasteiger partial charge in [-0.05, 0) is 25.3 Å². The molecule has 1 heterocycles. The zero-order valence-corrected chi connectivity index (χ0v) is 12.5. The summed E-state index contributed by atoms with van der Waals surface area (Å²) in [6.45, 7) is 4.84. The van der Waals surface area contributed by atoms with Crippen LogP contribution < -0.4 is 0 Å². The molecule has 1 aliphatic carbocycles. The second-order valence-corrected chi connectivity index (χ2v) is 5.47. The summed E-state index contributed by atoms with van der Waals surface area (Å²) in [5.74, 6) is 1.07. The van der Waals surface area contributed by atoms with Crippen LogP contribution in [0.3, 0.4) is 0 Å². The maximum Gasteiger partial charge on any atom is 0.141 e. The molecule has 2 aromatic rings. The summed E-state index contributed by atoms with van der Waals surface area (Å²) in [5, 5.41) is 4.26. The molecule has 0 bridgehead atoms. The van der Waals surface area contributed by atoms with Gasteiger partial charge in [0.05, 0.1) is 6.54 Å². The van der Waals surface area contributed by atoms with Gasteiger partial charge >= 0.3 is 0 Å². The molecule has 1 saturated carbocycles. The zero-order chi connectivity index (χ0) is 14.5. The highest BCUT2D eigenvalue weighted by Crippen LogP contribution is 2.27. The fraction of sp³-hybridized carbons (Fsp3) is 0.412. The third-order valence-corrected chi connectivity index (χ3v) is 3.85. The minimum atomic E-state index is 0.715. The van der Waals surface area contributed by atoms with Gasteiger partial charge in [-0.3, -0.25) is 4.90 Å². The Kier molecular flexibility index (Phi) is 4.46. The average molecular weight is 282 g/mol. The SMILES string of the molecule is CCn1ncnc1CN(C/C=C/c1ccccc1)C1CC1. The molecule has 0 amide bonds. The van der Waals surface area contributed by atoms with Gasteiger partial charge in [-0.25, -0.2) is 9.67 Å². The first-order valence-corrected chi connectivity index (χ1v) is 7.69. The number of hydrogen-bond donors (Lipinski definition) is 0. The number of rotatable bonds is 7. The molecule has 110 valence electrons. The van der Waals surface area contributed by atoms with Gasteiger partial charge in [0.25, 0.3) is 0 Å². The minimum Gasteiger partial charge on any atom is -0.289 e. The molecule has 21 heavy (non-hydrogen) atoms. The van der Waals surface area contributed by atoms with Crippen molar-refractivity contribution in [2.24, 2.45) is 0 Å². The van der Waals surface area contributed by atoms with Gasteiger partial charge in [-0.1, -0.05) is 42.5 Å². The van der Waals surface area contributed by atoms with Crippen LogP contribution in [0.15, 0.2) is 42.7 Å². The highest BCUT2D eigenvalue weighted by Gasteiger charge is 2.29. The largest absolute Gasteiger partial charge is 0.289 e. The molecule has 1 aromatic heterocycles. The van der Waals surface area contributed by atoms with Gasteiger partial charge in [-0.2, -0.15) is 5.10 Å².